The molecule has 0 aliphatic carbocycles. The Balaban J connectivity index is 1.09. The summed E-state index contributed by atoms with van der Waals surface area (Å²) in [6, 6.07) is 18.2. The molecule has 5 N–H and O–H groups in total. The highest BCUT2D eigenvalue weighted by Gasteiger charge is 2.26. The molecule has 0 bridgehead atoms. The SMILES string of the molecule is COc1ccc2c(c1)C(=O)NC(c1ccc(OCCCCCCOc3c(OC)cc(/C=C\c4cc(CO)c(CO)c(OC)c4)cc3OC)c(CO)c1)N2. The van der Waals surface area contributed by atoms with E-state index in [1.54, 1.807) is 39.5 Å². The van der Waals surface area contributed by atoms with E-state index < -0.39 is 6.17 Å². The van der Waals surface area contributed by atoms with Gasteiger partial charge in [0.15, 0.2) is 11.5 Å². The molecule has 0 radical (unpaired) electrons. The minimum Gasteiger partial charge on any atom is -0.497 e. The Kier molecular flexibility index (Phi) is 13.8. The molecule has 1 aliphatic heterocycles. The van der Waals surface area contributed by atoms with Crippen LogP contribution in [0.1, 0.15) is 75.6 Å². The van der Waals surface area contributed by atoms with Gasteiger partial charge in [-0.15, -0.1) is 0 Å². The number of carbonyl (C=O) groups is 1. The molecule has 1 unspecified atom stereocenters. The molecule has 1 atom stereocenters. The molecule has 12 heteroatoms. The largest absolute Gasteiger partial charge is 0.497 e. The number of benzene rings is 4. The van der Waals surface area contributed by atoms with Gasteiger partial charge in [-0.25, -0.2) is 0 Å². The van der Waals surface area contributed by atoms with Crippen LogP contribution in [0.15, 0.2) is 60.7 Å². The first kappa shape index (κ1) is 38.8. The summed E-state index contributed by atoms with van der Waals surface area (Å²) >= 11 is 0. The molecule has 53 heavy (non-hydrogen) atoms. The molecule has 1 heterocycles. The van der Waals surface area contributed by atoms with Crippen LogP contribution in [-0.4, -0.2) is 62.9 Å². The van der Waals surface area contributed by atoms with Gasteiger partial charge in [-0.05, 0) is 103 Å². The minimum absolute atomic E-state index is 0.195. The van der Waals surface area contributed by atoms with Crippen LogP contribution in [0.25, 0.3) is 12.2 Å². The molecule has 1 amide bonds. The molecule has 5 rings (SSSR count). The van der Waals surface area contributed by atoms with Gasteiger partial charge in [-0.2, -0.15) is 0 Å². The van der Waals surface area contributed by atoms with Crippen LogP contribution >= 0.6 is 0 Å². The van der Waals surface area contributed by atoms with Crippen LogP contribution in [0, 0.1) is 0 Å². The number of carbonyl (C=O) groups excluding carboxylic acids is 1. The Morgan fingerprint density at radius 3 is 1.89 bits per heavy atom. The number of aliphatic hydroxyl groups is 3. The fourth-order valence-corrected chi connectivity index (χ4v) is 6.15. The van der Waals surface area contributed by atoms with Crippen molar-refractivity contribution in [1.29, 1.82) is 0 Å². The van der Waals surface area contributed by atoms with Crippen LogP contribution in [0.5, 0.6) is 34.5 Å². The first-order valence-corrected chi connectivity index (χ1v) is 17.5. The fraction of sp³-hybridized carbons (Fsp3) is 0.341. The van der Waals surface area contributed by atoms with E-state index in [-0.39, 0.29) is 25.7 Å². The Hall–Kier alpha value is -5.43. The second-order valence-electron chi connectivity index (χ2n) is 12.4. The van der Waals surface area contributed by atoms with Crippen molar-refractivity contribution >= 4 is 23.7 Å². The van der Waals surface area contributed by atoms with Crippen molar-refractivity contribution in [2.75, 3.05) is 47.0 Å². The van der Waals surface area contributed by atoms with Crippen LogP contribution in [-0.2, 0) is 19.8 Å². The number of amides is 1. The number of methoxy groups -OCH3 is 4. The van der Waals surface area contributed by atoms with E-state index >= 15 is 0 Å². The third-order valence-electron chi connectivity index (χ3n) is 9.00. The molecule has 4 aromatic carbocycles. The lowest BCUT2D eigenvalue weighted by atomic mass is 10.0. The van der Waals surface area contributed by atoms with Crippen LogP contribution in [0.2, 0.25) is 0 Å². The second kappa shape index (κ2) is 18.9. The van der Waals surface area contributed by atoms with Crippen molar-refractivity contribution in [2.24, 2.45) is 0 Å². The number of hydrogen-bond acceptors (Lipinski definition) is 11. The van der Waals surface area contributed by atoms with Crippen LogP contribution < -0.4 is 39.1 Å². The van der Waals surface area contributed by atoms with E-state index in [2.05, 4.69) is 10.6 Å². The van der Waals surface area contributed by atoms with Crippen molar-refractivity contribution in [3.8, 4) is 34.5 Å². The van der Waals surface area contributed by atoms with Crippen molar-refractivity contribution < 1.29 is 48.5 Å². The van der Waals surface area contributed by atoms with E-state index in [0.29, 0.717) is 75.7 Å². The number of unbranched alkanes of at least 4 members (excludes halogenated alkanes) is 3. The second-order valence-corrected chi connectivity index (χ2v) is 12.4. The third-order valence-corrected chi connectivity index (χ3v) is 9.00. The van der Waals surface area contributed by atoms with Crippen molar-refractivity contribution in [2.45, 2.75) is 51.7 Å². The third kappa shape index (κ3) is 9.52. The molecule has 0 saturated heterocycles. The molecule has 12 nitrogen and oxygen atoms in total. The van der Waals surface area contributed by atoms with Gasteiger partial charge in [-0.3, -0.25) is 4.79 Å². The molecular formula is C41H48N2O10. The Morgan fingerprint density at radius 1 is 0.623 bits per heavy atom. The number of ether oxygens (including phenoxy) is 6. The number of rotatable bonds is 19. The molecule has 0 fully saturated rings. The summed E-state index contributed by atoms with van der Waals surface area (Å²) in [7, 11) is 6.25. The van der Waals surface area contributed by atoms with Gasteiger partial charge in [0.25, 0.3) is 5.91 Å². The van der Waals surface area contributed by atoms with Crippen molar-refractivity contribution in [3.05, 3.63) is 99.6 Å². The summed E-state index contributed by atoms with van der Waals surface area (Å²) in [5.41, 5.74) is 5.45. The topological polar surface area (TPSA) is 157 Å². The van der Waals surface area contributed by atoms with Gasteiger partial charge in [0.2, 0.25) is 5.75 Å². The first-order chi connectivity index (χ1) is 25.8. The molecule has 0 saturated carbocycles. The number of hydrogen-bond donors (Lipinski definition) is 5. The van der Waals surface area contributed by atoms with Gasteiger partial charge < -0.3 is 54.4 Å². The molecule has 282 valence electrons. The number of fused-ring (bicyclic) bond motifs is 1. The lowest BCUT2D eigenvalue weighted by Gasteiger charge is -2.29. The van der Waals surface area contributed by atoms with Gasteiger partial charge in [-0.1, -0.05) is 18.2 Å². The summed E-state index contributed by atoms with van der Waals surface area (Å²) in [4.78, 5) is 12.8. The quantitative estimate of drug-likeness (QED) is 0.0550. The van der Waals surface area contributed by atoms with Crippen LogP contribution in [0.4, 0.5) is 5.69 Å². The molecule has 0 aromatic heterocycles. The highest BCUT2D eigenvalue weighted by molar-refractivity contribution is 6.02. The highest BCUT2D eigenvalue weighted by Crippen LogP contribution is 2.39. The van der Waals surface area contributed by atoms with Crippen LogP contribution in [0.3, 0.4) is 0 Å². The van der Waals surface area contributed by atoms with E-state index in [0.717, 1.165) is 42.4 Å². The highest BCUT2D eigenvalue weighted by atomic mass is 16.5. The molecule has 1 aliphatic rings. The van der Waals surface area contributed by atoms with Gasteiger partial charge >= 0.3 is 0 Å². The van der Waals surface area contributed by atoms with Crippen molar-refractivity contribution in [3.63, 3.8) is 0 Å². The van der Waals surface area contributed by atoms with Gasteiger partial charge in [0.1, 0.15) is 23.4 Å². The smallest absolute Gasteiger partial charge is 0.255 e. The van der Waals surface area contributed by atoms with E-state index in [9.17, 15) is 20.1 Å². The molecule has 4 aromatic rings. The maximum atomic E-state index is 12.8. The minimum atomic E-state index is -0.451. The van der Waals surface area contributed by atoms with E-state index in [1.165, 1.54) is 7.11 Å². The average molecular weight is 729 g/mol. The Bertz CT molecular complexity index is 1840. The summed E-state index contributed by atoms with van der Waals surface area (Å²) in [6.07, 6.45) is 6.83. The predicted molar refractivity (Wildman–Crippen MR) is 202 cm³/mol. The van der Waals surface area contributed by atoms with E-state index in [1.807, 2.05) is 54.6 Å². The zero-order valence-corrected chi connectivity index (χ0v) is 30.6. The maximum Gasteiger partial charge on any atom is 0.255 e. The van der Waals surface area contributed by atoms with Gasteiger partial charge in [0.05, 0.1) is 67.0 Å². The number of anilines is 1. The lowest BCUT2D eigenvalue weighted by molar-refractivity contribution is 0.0935. The summed E-state index contributed by atoms with van der Waals surface area (Å²) in [5, 5.41) is 35.8. The standard InChI is InChI=1S/C41H48N2O10/c1-48-31-12-13-34-32(22-31)41(47)43-40(42-34)28-11-14-35(30(21-28)24-45)52-15-7-5-6-8-16-53-39-37(50-3)19-27(20-38(39)51-4)10-9-26-17-29(23-44)33(25-46)36(18-26)49-2/h9-14,17-22,40,42,44-46H,5-8,15-16,23-25H2,1-4H3,(H,43,47)/b10-9-. The van der Waals surface area contributed by atoms with Gasteiger partial charge in [0, 0.05) is 16.8 Å². The lowest BCUT2D eigenvalue weighted by Crippen LogP contribution is -2.38. The molecule has 0 spiro atoms. The molecular weight excluding hydrogens is 680 g/mol. The Labute approximate surface area is 309 Å². The normalized spacial score (nSPS) is 13.6. The summed E-state index contributed by atoms with van der Waals surface area (Å²) in [6.45, 7) is 0.331. The predicted octanol–water partition coefficient (Wildman–Crippen LogP) is 6.24. The van der Waals surface area contributed by atoms with E-state index in [4.69, 9.17) is 28.4 Å². The zero-order chi connectivity index (χ0) is 37.7. The fourth-order valence-electron chi connectivity index (χ4n) is 6.15. The number of aliphatic hydroxyl groups excluding tert-OH is 3. The summed E-state index contributed by atoms with van der Waals surface area (Å²) in [5.74, 6) is 3.13. The summed E-state index contributed by atoms with van der Waals surface area (Å²) < 4.78 is 34.1. The monoisotopic (exact) mass is 728 g/mol. The number of nitrogens with one attached hydrogen (secondary N) is 2. The zero-order valence-electron chi connectivity index (χ0n) is 30.6. The Morgan fingerprint density at radius 2 is 1.26 bits per heavy atom. The maximum absolute atomic E-state index is 12.8. The first-order valence-electron chi connectivity index (χ1n) is 17.5. The average Bonchev–Trinajstić information content (AvgIpc) is 3.20. The van der Waals surface area contributed by atoms with Crippen molar-refractivity contribution in [1.82, 2.24) is 5.32 Å².